The van der Waals surface area contributed by atoms with E-state index in [2.05, 4.69) is 20.2 Å². The number of benzene rings is 2. The molecule has 2 fully saturated rings. The number of hydrogen-bond donors (Lipinski definition) is 1. The molecule has 36 heavy (non-hydrogen) atoms. The van der Waals surface area contributed by atoms with Gasteiger partial charge in [-0.15, -0.1) is 0 Å². The number of likely N-dealkylation sites (tertiary alicyclic amines) is 1. The first kappa shape index (κ1) is 23.8. The molecule has 8 nitrogen and oxygen atoms in total. The highest BCUT2D eigenvalue weighted by atomic mass is 16.5. The summed E-state index contributed by atoms with van der Waals surface area (Å²) in [5, 5.41) is 3.22. The van der Waals surface area contributed by atoms with Crippen molar-refractivity contribution in [1.82, 2.24) is 19.8 Å². The summed E-state index contributed by atoms with van der Waals surface area (Å²) in [6.07, 6.45) is 7.29. The maximum absolute atomic E-state index is 13.6. The fourth-order valence-corrected chi connectivity index (χ4v) is 4.77. The maximum atomic E-state index is 13.6. The van der Waals surface area contributed by atoms with Crippen molar-refractivity contribution in [3.05, 3.63) is 66.5 Å². The summed E-state index contributed by atoms with van der Waals surface area (Å²) >= 11 is 0. The van der Waals surface area contributed by atoms with Crippen LogP contribution in [0.4, 0.5) is 11.6 Å². The second-order valence-electron chi connectivity index (χ2n) is 9.41. The predicted molar refractivity (Wildman–Crippen MR) is 138 cm³/mol. The van der Waals surface area contributed by atoms with Gasteiger partial charge in [-0.2, -0.15) is 0 Å². The lowest BCUT2D eigenvalue weighted by atomic mass is 10.0. The van der Waals surface area contributed by atoms with Gasteiger partial charge in [-0.3, -0.25) is 9.59 Å². The number of nitrogens with one attached hydrogen (secondary N) is 1. The minimum atomic E-state index is 0.0539. The normalized spacial score (nSPS) is 15.9. The third-order valence-corrected chi connectivity index (χ3v) is 6.92. The zero-order valence-corrected chi connectivity index (χ0v) is 20.7. The van der Waals surface area contributed by atoms with Crippen molar-refractivity contribution in [2.45, 2.75) is 44.7 Å². The molecule has 1 aromatic heterocycles. The molecule has 0 atom stereocenters. The van der Waals surface area contributed by atoms with Gasteiger partial charge >= 0.3 is 0 Å². The van der Waals surface area contributed by atoms with Crippen LogP contribution in [0.1, 0.15) is 43.0 Å². The van der Waals surface area contributed by atoms with Gasteiger partial charge in [-0.1, -0.05) is 18.2 Å². The third-order valence-electron chi connectivity index (χ3n) is 6.92. The van der Waals surface area contributed by atoms with Gasteiger partial charge in [0.2, 0.25) is 11.9 Å². The van der Waals surface area contributed by atoms with Crippen molar-refractivity contribution in [3.8, 4) is 16.9 Å². The Morgan fingerprint density at radius 1 is 0.944 bits per heavy atom. The molecule has 2 aliphatic rings. The number of nitrogens with zero attached hydrogens (tertiary/aromatic N) is 4. The zero-order valence-electron chi connectivity index (χ0n) is 20.7. The Labute approximate surface area is 211 Å². The molecule has 0 radical (unpaired) electrons. The van der Waals surface area contributed by atoms with Gasteiger partial charge in [0.1, 0.15) is 5.75 Å². The van der Waals surface area contributed by atoms with Crippen LogP contribution in [0.15, 0.2) is 60.9 Å². The molecule has 8 heteroatoms. The lowest BCUT2D eigenvalue weighted by molar-refractivity contribution is -0.130. The first-order valence-corrected chi connectivity index (χ1v) is 12.4. The minimum absolute atomic E-state index is 0.0539. The standard InChI is InChI=1S/C28H31N5O3/c1-19(34)32-14-12-25(13-15-32)33(24-8-9-24)27(35)21-4-3-5-23(16-21)31-28-29-17-22(18-30-28)20-6-10-26(36-2)11-7-20/h3-7,10-11,16-18,24-25H,8-9,12-15H2,1-2H3,(H,29,30,31). The van der Waals surface area contributed by atoms with E-state index in [4.69, 9.17) is 4.74 Å². The highest BCUT2D eigenvalue weighted by Gasteiger charge is 2.39. The van der Waals surface area contributed by atoms with Gasteiger partial charge in [0.25, 0.3) is 5.91 Å². The minimum Gasteiger partial charge on any atom is -0.497 e. The number of anilines is 2. The van der Waals surface area contributed by atoms with Crippen molar-refractivity contribution < 1.29 is 14.3 Å². The van der Waals surface area contributed by atoms with Crippen molar-refractivity contribution in [1.29, 1.82) is 0 Å². The van der Waals surface area contributed by atoms with Crippen LogP contribution in [-0.2, 0) is 4.79 Å². The summed E-state index contributed by atoms with van der Waals surface area (Å²) in [6.45, 7) is 3.03. The number of rotatable bonds is 7. The Balaban J connectivity index is 1.27. The van der Waals surface area contributed by atoms with E-state index in [0.717, 1.165) is 48.2 Å². The monoisotopic (exact) mass is 485 g/mol. The van der Waals surface area contributed by atoms with E-state index in [1.165, 1.54) is 0 Å². The van der Waals surface area contributed by atoms with Gasteiger partial charge in [0.15, 0.2) is 0 Å². The Morgan fingerprint density at radius 2 is 1.61 bits per heavy atom. The summed E-state index contributed by atoms with van der Waals surface area (Å²) in [6, 6.07) is 15.7. The number of methoxy groups -OCH3 is 1. The van der Waals surface area contributed by atoms with Crippen LogP contribution >= 0.6 is 0 Å². The van der Waals surface area contributed by atoms with E-state index in [1.807, 2.05) is 53.4 Å². The van der Waals surface area contributed by atoms with Crippen LogP contribution in [-0.4, -0.2) is 63.9 Å². The number of ether oxygens (including phenoxy) is 1. The van der Waals surface area contributed by atoms with Crippen molar-refractivity contribution in [2.24, 2.45) is 0 Å². The van der Waals surface area contributed by atoms with E-state index < -0.39 is 0 Å². The molecule has 1 aliphatic carbocycles. The summed E-state index contributed by atoms with van der Waals surface area (Å²) in [4.78, 5) is 38.1. The van der Waals surface area contributed by atoms with Crippen molar-refractivity contribution in [2.75, 3.05) is 25.5 Å². The van der Waals surface area contributed by atoms with Gasteiger partial charge in [-0.05, 0) is 61.6 Å². The first-order valence-electron chi connectivity index (χ1n) is 12.4. The SMILES string of the molecule is COc1ccc(-c2cnc(Nc3cccc(C(=O)N(C4CC4)C4CCN(C(C)=O)CC4)c3)nc2)cc1. The summed E-state index contributed by atoms with van der Waals surface area (Å²) in [5.74, 6) is 1.43. The lowest BCUT2D eigenvalue weighted by Crippen LogP contribution is -2.49. The molecule has 3 aromatic rings. The van der Waals surface area contributed by atoms with Crippen LogP contribution in [0.3, 0.4) is 0 Å². The Morgan fingerprint density at radius 3 is 2.22 bits per heavy atom. The predicted octanol–water partition coefficient (Wildman–Crippen LogP) is 4.51. The molecule has 5 rings (SSSR count). The second kappa shape index (κ2) is 10.4. The highest BCUT2D eigenvalue weighted by Crippen LogP contribution is 2.33. The van der Waals surface area contributed by atoms with Gasteiger partial charge < -0.3 is 19.9 Å². The van der Waals surface area contributed by atoms with Crippen LogP contribution in [0, 0.1) is 0 Å². The van der Waals surface area contributed by atoms with Crippen LogP contribution in [0.5, 0.6) is 5.75 Å². The van der Waals surface area contributed by atoms with Gasteiger partial charge in [0, 0.05) is 61.3 Å². The smallest absolute Gasteiger partial charge is 0.254 e. The molecule has 1 aliphatic heterocycles. The highest BCUT2D eigenvalue weighted by molar-refractivity contribution is 5.96. The van der Waals surface area contributed by atoms with Crippen molar-refractivity contribution in [3.63, 3.8) is 0 Å². The number of piperidine rings is 1. The van der Waals surface area contributed by atoms with Crippen LogP contribution in [0.25, 0.3) is 11.1 Å². The number of hydrogen-bond acceptors (Lipinski definition) is 6. The fourth-order valence-electron chi connectivity index (χ4n) is 4.77. The topological polar surface area (TPSA) is 87.7 Å². The number of aromatic nitrogens is 2. The largest absolute Gasteiger partial charge is 0.497 e. The van der Waals surface area contributed by atoms with E-state index in [-0.39, 0.29) is 17.9 Å². The molecule has 186 valence electrons. The Kier molecular flexibility index (Phi) is 6.84. The summed E-state index contributed by atoms with van der Waals surface area (Å²) in [7, 11) is 1.64. The summed E-state index contributed by atoms with van der Waals surface area (Å²) < 4.78 is 5.21. The number of amides is 2. The average Bonchev–Trinajstić information content (AvgIpc) is 3.75. The van der Waals surface area contributed by atoms with E-state index in [0.29, 0.717) is 30.6 Å². The van der Waals surface area contributed by atoms with E-state index in [1.54, 1.807) is 26.4 Å². The van der Waals surface area contributed by atoms with E-state index in [9.17, 15) is 9.59 Å². The summed E-state index contributed by atoms with van der Waals surface area (Å²) in [5.41, 5.74) is 3.32. The molecular weight excluding hydrogens is 454 g/mol. The van der Waals surface area contributed by atoms with E-state index >= 15 is 0 Å². The molecule has 2 aromatic carbocycles. The molecule has 0 bridgehead atoms. The molecule has 0 spiro atoms. The molecule has 1 saturated carbocycles. The quantitative estimate of drug-likeness (QED) is 0.530. The molecule has 1 N–H and O–H groups in total. The maximum Gasteiger partial charge on any atom is 0.254 e. The molecular formula is C28H31N5O3. The first-order chi connectivity index (χ1) is 17.5. The molecule has 1 saturated heterocycles. The van der Waals surface area contributed by atoms with Crippen molar-refractivity contribution >= 4 is 23.5 Å². The molecule has 2 amide bonds. The molecule has 0 unspecified atom stereocenters. The third kappa shape index (κ3) is 5.32. The van der Waals surface area contributed by atoms with Gasteiger partial charge in [-0.25, -0.2) is 9.97 Å². The Hall–Kier alpha value is -3.94. The average molecular weight is 486 g/mol. The van der Waals surface area contributed by atoms with Gasteiger partial charge in [0.05, 0.1) is 7.11 Å². The van der Waals surface area contributed by atoms with Crippen LogP contribution in [0.2, 0.25) is 0 Å². The molecule has 2 heterocycles. The second-order valence-corrected chi connectivity index (χ2v) is 9.41. The van der Waals surface area contributed by atoms with Crippen LogP contribution < -0.4 is 10.1 Å². The lowest BCUT2D eigenvalue weighted by Gasteiger charge is -2.38. The Bertz CT molecular complexity index is 1220. The number of carbonyl (C=O) groups is 2. The number of carbonyl (C=O) groups excluding carboxylic acids is 2. The fraction of sp³-hybridized carbons (Fsp3) is 0.357. The zero-order chi connectivity index (χ0) is 25.1.